The lowest BCUT2D eigenvalue weighted by Gasteiger charge is -2.23. The van der Waals surface area contributed by atoms with Gasteiger partial charge < -0.3 is 5.11 Å². The number of rotatable bonds is 3. The standard InChI is InChI=1S/C25H16BrClN2O3S/c1-13-2-11-18-19(12-13)33-25(28-18)29-21(14-3-7-16(26)8-4-14)20(23(31)24(29)32)22(30)15-5-9-17(27)10-6-15/h2-12,21,30H,1H3. The van der Waals surface area contributed by atoms with Crippen LogP contribution >= 0.6 is 38.9 Å². The van der Waals surface area contributed by atoms with Crippen LogP contribution in [-0.2, 0) is 9.59 Å². The topological polar surface area (TPSA) is 70.5 Å². The molecule has 5 nitrogen and oxygen atoms in total. The Bertz CT molecular complexity index is 1450. The van der Waals surface area contributed by atoms with Crippen LogP contribution in [0.25, 0.3) is 16.0 Å². The number of thiazole rings is 1. The number of carbonyl (C=O) groups excluding carboxylic acids is 2. The zero-order valence-electron chi connectivity index (χ0n) is 17.3. The molecule has 1 fully saturated rings. The second-order valence-corrected chi connectivity index (χ2v) is 10.1. The number of hydrogen-bond donors (Lipinski definition) is 1. The first kappa shape index (κ1) is 21.8. The Morgan fingerprint density at radius 1 is 1.06 bits per heavy atom. The van der Waals surface area contributed by atoms with Crippen molar-refractivity contribution >= 4 is 71.7 Å². The Morgan fingerprint density at radius 2 is 1.76 bits per heavy atom. The van der Waals surface area contributed by atoms with Crippen LogP contribution in [-0.4, -0.2) is 21.8 Å². The largest absolute Gasteiger partial charge is 0.507 e. The van der Waals surface area contributed by atoms with E-state index in [1.54, 1.807) is 24.3 Å². The van der Waals surface area contributed by atoms with E-state index in [0.29, 0.717) is 21.3 Å². The highest BCUT2D eigenvalue weighted by atomic mass is 79.9. The van der Waals surface area contributed by atoms with Crippen LogP contribution in [0.4, 0.5) is 5.13 Å². The molecule has 1 amide bonds. The van der Waals surface area contributed by atoms with Crippen LogP contribution in [0.5, 0.6) is 0 Å². The lowest BCUT2D eigenvalue weighted by atomic mass is 9.95. The van der Waals surface area contributed by atoms with E-state index < -0.39 is 17.7 Å². The van der Waals surface area contributed by atoms with E-state index in [1.165, 1.54) is 16.2 Å². The minimum atomic E-state index is -0.824. The van der Waals surface area contributed by atoms with Crippen LogP contribution < -0.4 is 4.90 Å². The van der Waals surface area contributed by atoms with Gasteiger partial charge in [-0.25, -0.2) is 4.98 Å². The van der Waals surface area contributed by atoms with Crippen LogP contribution in [0, 0.1) is 6.92 Å². The average molecular weight is 540 g/mol. The maximum atomic E-state index is 13.3. The van der Waals surface area contributed by atoms with Gasteiger partial charge in [-0.15, -0.1) is 0 Å². The number of aryl methyl sites for hydroxylation is 1. The number of nitrogens with zero attached hydrogens (tertiary/aromatic N) is 2. The van der Waals surface area contributed by atoms with E-state index in [-0.39, 0.29) is 11.3 Å². The quantitative estimate of drug-likeness (QED) is 0.180. The first-order valence-electron chi connectivity index (χ1n) is 10.0. The predicted molar refractivity (Wildman–Crippen MR) is 135 cm³/mol. The number of amides is 1. The second-order valence-electron chi connectivity index (χ2n) is 7.70. The van der Waals surface area contributed by atoms with Gasteiger partial charge in [-0.2, -0.15) is 0 Å². The normalized spacial score (nSPS) is 17.8. The van der Waals surface area contributed by atoms with Gasteiger partial charge in [0.1, 0.15) is 5.76 Å². The maximum absolute atomic E-state index is 13.3. The molecule has 1 aromatic heterocycles. The highest BCUT2D eigenvalue weighted by Gasteiger charge is 2.48. The van der Waals surface area contributed by atoms with E-state index in [1.807, 2.05) is 49.4 Å². The minimum absolute atomic E-state index is 0.0140. The van der Waals surface area contributed by atoms with E-state index >= 15 is 0 Å². The van der Waals surface area contributed by atoms with Gasteiger partial charge in [0.05, 0.1) is 21.8 Å². The van der Waals surface area contributed by atoms with Crippen molar-refractivity contribution in [3.05, 3.63) is 98.5 Å². The van der Waals surface area contributed by atoms with Crippen molar-refractivity contribution in [3.8, 4) is 0 Å². The molecule has 164 valence electrons. The summed E-state index contributed by atoms with van der Waals surface area (Å²) in [4.78, 5) is 32.5. The molecule has 3 aromatic carbocycles. The van der Waals surface area contributed by atoms with Crippen LogP contribution in [0.15, 0.2) is 76.8 Å². The third-order valence-electron chi connectivity index (χ3n) is 5.49. The Balaban J connectivity index is 1.73. The lowest BCUT2D eigenvalue weighted by Crippen LogP contribution is -2.29. The van der Waals surface area contributed by atoms with Crippen LogP contribution in [0.1, 0.15) is 22.7 Å². The summed E-state index contributed by atoms with van der Waals surface area (Å²) in [6, 6.07) is 18.8. The van der Waals surface area contributed by atoms with Crippen molar-refractivity contribution in [2.45, 2.75) is 13.0 Å². The summed E-state index contributed by atoms with van der Waals surface area (Å²) in [7, 11) is 0. The molecule has 1 unspecified atom stereocenters. The first-order valence-corrected chi connectivity index (χ1v) is 12.0. The fraction of sp³-hybridized carbons (Fsp3) is 0.0800. The molecule has 1 atom stereocenters. The Kier molecular flexibility index (Phi) is 5.56. The summed E-state index contributed by atoms with van der Waals surface area (Å²) in [5.74, 6) is -1.74. The third kappa shape index (κ3) is 3.86. The molecule has 8 heteroatoms. The Morgan fingerprint density at radius 3 is 2.45 bits per heavy atom. The zero-order valence-corrected chi connectivity index (χ0v) is 20.4. The smallest absolute Gasteiger partial charge is 0.301 e. The number of aliphatic hydroxyl groups is 1. The van der Waals surface area contributed by atoms with Gasteiger partial charge in [0.15, 0.2) is 5.13 Å². The molecule has 33 heavy (non-hydrogen) atoms. The zero-order chi connectivity index (χ0) is 23.3. The third-order valence-corrected chi connectivity index (χ3v) is 7.28. The summed E-state index contributed by atoms with van der Waals surface area (Å²) < 4.78 is 1.77. The number of hydrogen-bond acceptors (Lipinski definition) is 5. The average Bonchev–Trinajstić information content (AvgIpc) is 3.32. The van der Waals surface area contributed by atoms with Gasteiger partial charge in [0.25, 0.3) is 5.78 Å². The monoisotopic (exact) mass is 538 g/mol. The molecule has 5 rings (SSSR count). The van der Waals surface area contributed by atoms with Gasteiger partial charge in [-0.3, -0.25) is 14.5 Å². The number of ketones is 1. The van der Waals surface area contributed by atoms with Crippen LogP contribution in [0.2, 0.25) is 5.02 Å². The SMILES string of the molecule is Cc1ccc2nc(N3C(=O)C(=O)C(=C(O)c4ccc(Cl)cc4)C3c3ccc(Br)cc3)sc2c1. The van der Waals surface area contributed by atoms with Gasteiger partial charge in [-0.05, 0) is 66.6 Å². The number of benzene rings is 3. The molecule has 2 heterocycles. The molecule has 0 spiro atoms. The van der Waals surface area contributed by atoms with Gasteiger partial charge in [0, 0.05) is 15.1 Å². The summed E-state index contributed by atoms with van der Waals surface area (Å²) in [6.07, 6.45) is 0. The van der Waals surface area contributed by atoms with E-state index in [9.17, 15) is 14.7 Å². The minimum Gasteiger partial charge on any atom is -0.507 e. The highest BCUT2D eigenvalue weighted by Crippen LogP contribution is 2.44. The predicted octanol–water partition coefficient (Wildman–Crippen LogP) is 6.65. The number of anilines is 1. The molecule has 0 radical (unpaired) electrons. The maximum Gasteiger partial charge on any atom is 0.301 e. The molecule has 1 aliphatic rings. The van der Waals surface area contributed by atoms with Gasteiger partial charge >= 0.3 is 5.91 Å². The molecular weight excluding hydrogens is 524 g/mol. The fourth-order valence-corrected chi connectivity index (χ4v) is 5.36. The number of halogens is 2. The van der Waals surface area contributed by atoms with E-state index in [2.05, 4.69) is 20.9 Å². The Hall–Kier alpha value is -3.00. The molecule has 0 saturated carbocycles. The molecular formula is C25H16BrClN2O3S. The Labute approximate surface area is 207 Å². The van der Waals surface area contributed by atoms with Crippen molar-refractivity contribution in [1.29, 1.82) is 0 Å². The summed E-state index contributed by atoms with van der Waals surface area (Å²) in [5.41, 5.74) is 2.92. The summed E-state index contributed by atoms with van der Waals surface area (Å²) in [6.45, 7) is 1.99. The highest BCUT2D eigenvalue weighted by molar-refractivity contribution is 9.10. The van der Waals surface area contributed by atoms with Crippen molar-refractivity contribution in [3.63, 3.8) is 0 Å². The van der Waals surface area contributed by atoms with E-state index in [0.717, 1.165) is 20.3 Å². The van der Waals surface area contributed by atoms with Crippen molar-refractivity contribution in [2.24, 2.45) is 0 Å². The van der Waals surface area contributed by atoms with Gasteiger partial charge in [-0.1, -0.05) is 57.1 Å². The molecule has 1 N–H and O–H groups in total. The second kappa shape index (κ2) is 8.41. The van der Waals surface area contributed by atoms with Crippen molar-refractivity contribution in [1.82, 2.24) is 4.98 Å². The number of aliphatic hydroxyl groups excluding tert-OH is 1. The summed E-state index contributed by atoms with van der Waals surface area (Å²) >= 11 is 10.7. The molecule has 4 aromatic rings. The first-order chi connectivity index (χ1) is 15.8. The fourth-order valence-electron chi connectivity index (χ4n) is 3.88. The number of Topliss-reactive ketones (excluding diaryl/α,β-unsaturated/α-hetero) is 1. The molecule has 1 aliphatic heterocycles. The van der Waals surface area contributed by atoms with Crippen molar-refractivity contribution in [2.75, 3.05) is 4.90 Å². The summed E-state index contributed by atoms with van der Waals surface area (Å²) in [5, 5.41) is 12.0. The number of carbonyl (C=O) groups is 2. The molecule has 0 aliphatic carbocycles. The number of aromatic nitrogens is 1. The van der Waals surface area contributed by atoms with Gasteiger partial charge in [0.2, 0.25) is 0 Å². The molecule has 0 bridgehead atoms. The van der Waals surface area contributed by atoms with E-state index in [4.69, 9.17) is 11.6 Å². The van der Waals surface area contributed by atoms with Crippen LogP contribution in [0.3, 0.4) is 0 Å². The lowest BCUT2D eigenvalue weighted by molar-refractivity contribution is -0.132. The molecule has 1 saturated heterocycles. The van der Waals surface area contributed by atoms with Crippen molar-refractivity contribution < 1.29 is 14.7 Å². The number of fused-ring (bicyclic) bond motifs is 1.